The molecule has 3 aromatic heterocycles. The Morgan fingerprint density at radius 2 is 2.24 bits per heavy atom. The van der Waals surface area contributed by atoms with Gasteiger partial charge in [-0.1, -0.05) is 13.0 Å². The quantitative estimate of drug-likeness (QED) is 0.731. The molecule has 1 unspecified atom stereocenters. The second kappa shape index (κ2) is 6.11. The number of pyridine rings is 2. The number of thiophene rings is 1. The summed E-state index contributed by atoms with van der Waals surface area (Å²) in [6.07, 6.45) is 4.92. The first-order chi connectivity index (χ1) is 12.0. The van der Waals surface area contributed by atoms with Gasteiger partial charge in [-0.05, 0) is 55.4 Å². The molecule has 6 heteroatoms. The van der Waals surface area contributed by atoms with Gasteiger partial charge in [-0.2, -0.15) is 0 Å². The molecule has 1 atom stereocenters. The number of aryl methyl sites for hydroxylation is 2. The van der Waals surface area contributed by atoms with E-state index in [0.29, 0.717) is 22.3 Å². The Morgan fingerprint density at radius 3 is 3.00 bits per heavy atom. The van der Waals surface area contributed by atoms with E-state index in [-0.39, 0.29) is 5.91 Å². The zero-order valence-corrected chi connectivity index (χ0v) is 15.1. The number of carbonyl (C=O) groups excluding carboxylic acids is 1. The number of amides is 1. The van der Waals surface area contributed by atoms with Crippen molar-refractivity contribution in [2.45, 2.75) is 33.1 Å². The van der Waals surface area contributed by atoms with E-state index in [9.17, 15) is 4.79 Å². The van der Waals surface area contributed by atoms with Crippen LogP contribution in [0.2, 0.25) is 0 Å². The average Bonchev–Trinajstić information content (AvgIpc) is 2.91. The molecule has 5 nitrogen and oxygen atoms in total. The number of nitrogen functional groups attached to an aromatic ring is 1. The minimum atomic E-state index is -0.233. The monoisotopic (exact) mass is 352 g/mol. The van der Waals surface area contributed by atoms with Crippen LogP contribution < -0.4 is 11.1 Å². The van der Waals surface area contributed by atoms with Crippen LogP contribution in [-0.4, -0.2) is 15.9 Å². The Bertz CT molecular complexity index is 962. The second-order valence-electron chi connectivity index (χ2n) is 6.81. The Hall–Kier alpha value is -2.47. The normalized spacial score (nSPS) is 16.6. The number of anilines is 2. The van der Waals surface area contributed by atoms with Crippen molar-refractivity contribution in [2.75, 3.05) is 11.1 Å². The highest BCUT2D eigenvalue weighted by atomic mass is 32.1. The molecule has 0 spiro atoms. The van der Waals surface area contributed by atoms with Gasteiger partial charge in [0, 0.05) is 17.3 Å². The Balaban J connectivity index is 1.69. The molecule has 0 aliphatic heterocycles. The fraction of sp³-hybridized carbons (Fsp3) is 0.316. The van der Waals surface area contributed by atoms with Crippen molar-refractivity contribution in [3.05, 3.63) is 46.1 Å². The molecule has 0 fully saturated rings. The van der Waals surface area contributed by atoms with E-state index in [1.54, 1.807) is 12.3 Å². The molecule has 1 amide bonds. The van der Waals surface area contributed by atoms with Crippen molar-refractivity contribution in [2.24, 2.45) is 5.92 Å². The lowest BCUT2D eigenvalue weighted by atomic mass is 9.87. The van der Waals surface area contributed by atoms with Crippen molar-refractivity contribution in [3.63, 3.8) is 0 Å². The number of hydrogen-bond donors (Lipinski definition) is 2. The molecule has 4 rings (SSSR count). The number of nitrogens with two attached hydrogens (primary N) is 1. The Morgan fingerprint density at radius 1 is 1.40 bits per heavy atom. The second-order valence-corrected chi connectivity index (χ2v) is 7.81. The molecule has 0 saturated carbocycles. The maximum absolute atomic E-state index is 12.6. The van der Waals surface area contributed by atoms with Crippen LogP contribution in [0, 0.1) is 12.8 Å². The molecular weight excluding hydrogens is 332 g/mol. The van der Waals surface area contributed by atoms with Gasteiger partial charge < -0.3 is 11.1 Å². The molecule has 25 heavy (non-hydrogen) atoms. The third kappa shape index (κ3) is 2.98. The maximum Gasteiger partial charge on any atom is 0.269 e. The molecule has 3 heterocycles. The largest absolute Gasteiger partial charge is 0.397 e. The van der Waals surface area contributed by atoms with Gasteiger partial charge in [0.15, 0.2) is 0 Å². The van der Waals surface area contributed by atoms with Gasteiger partial charge in [-0.15, -0.1) is 11.3 Å². The lowest BCUT2D eigenvalue weighted by Gasteiger charge is -2.20. The molecule has 1 aliphatic carbocycles. The fourth-order valence-electron chi connectivity index (χ4n) is 3.26. The summed E-state index contributed by atoms with van der Waals surface area (Å²) in [5.41, 5.74) is 10.3. The first kappa shape index (κ1) is 16.0. The summed E-state index contributed by atoms with van der Waals surface area (Å²) in [4.78, 5) is 22.9. The van der Waals surface area contributed by atoms with E-state index in [0.717, 1.165) is 34.3 Å². The summed E-state index contributed by atoms with van der Waals surface area (Å²) in [6, 6.07) is 5.82. The molecule has 1 aliphatic rings. The van der Waals surface area contributed by atoms with Crippen molar-refractivity contribution in [1.82, 2.24) is 9.97 Å². The van der Waals surface area contributed by atoms with E-state index in [1.807, 2.05) is 13.0 Å². The smallest absolute Gasteiger partial charge is 0.269 e. The van der Waals surface area contributed by atoms with Gasteiger partial charge in [-0.25, -0.2) is 9.97 Å². The summed E-state index contributed by atoms with van der Waals surface area (Å²) in [7, 11) is 0. The molecule has 0 saturated heterocycles. The van der Waals surface area contributed by atoms with Crippen molar-refractivity contribution >= 4 is 39.0 Å². The lowest BCUT2D eigenvalue weighted by Crippen LogP contribution is -2.13. The Kier molecular flexibility index (Phi) is 3.92. The topological polar surface area (TPSA) is 80.9 Å². The van der Waals surface area contributed by atoms with Crippen molar-refractivity contribution in [3.8, 4) is 0 Å². The fourth-order valence-corrected chi connectivity index (χ4v) is 4.25. The van der Waals surface area contributed by atoms with E-state index >= 15 is 0 Å². The summed E-state index contributed by atoms with van der Waals surface area (Å²) >= 11 is 1.35. The highest BCUT2D eigenvalue weighted by Crippen LogP contribution is 2.36. The molecule has 128 valence electrons. The number of hydrogen-bond acceptors (Lipinski definition) is 5. The summed E-state index contributed by atoms with van der Waals surface area (Å²) < 4.78 is 0. The first-order valence-corrected chi connectivity index (χ1v) is 9.27. The predicted molar refractivity (Wildman–Crippen MR) is 102 cm³/mol. The number of rotatable bonds is 2. The van der Waals surface area contributed by atoms with Gasteiger partial charge in [0.25, 0.3) is 5.91 Å². The van der Waals surface area contributed by atoms with Crippen LogP contribution in [0.1, 0.15) is 39.8 Å². The lowest BCUT2D eigenvalue weighted by molar-refractivity contribution is 0.103. The van der Waals surface area contributed by atoms with Crippen LogP contribution in [-0.2, 0) is 12.8 Å². The molecule has 3 N–H and O–H groups in total. The highest BCUT2D eigenvalue weighted by molar-refractivity contribution is 7.21. The zero-order valence-electron chi connectivity index (χ0n) is 14.3. The van der Waals surface area contributed by atoms with E-state index in [2.05, 4.69) is 23.3 Å². The summed E-state index contributed by atoms with van der Waals surface area (Å²) in [6.45, 7) is 4.22. The van der Waals surface area contributed by atoms with Gasteiger partial charge >= 0.3 is 0 Å². The molecule has 3 aromatic rings. The molecule has 0 radical (unpaired) electrons. The van der Waals surface area contributed by atoms with Gasteiger partial charge in [-0.3, -0.25) is 4.79 Å². The Labute approximate surface area is 150 Å². The third-order valence-corrected chi connectivity index (χ3v) is 5.81. The van der Waals surface area contributed by atoms with Crippen molar-refractivity contribution < 1.29 is 4.79 Å². The highest BCUT2D eigenvalue weighted by Gasteiger charge is 2.22. The maximum atomic E-state index is 12.6. The van der Waals surface area contributed by atoms with E-state index in [1.165, 1.54) is 23.3 Å². The van der Waals surface area contributed by atoms with Gasteiger partial charge in [0.2, 0.25) is 0 Å². The van der Waals surface area contributed by atoms with Crippen LogP contribution in [0.5, 0.6) is 0 Å². The number of nitrogens with one attached hydrogen (secondary N) is 1. The van der Waals surface area contributed by atoms with Crippen LogP contribution in [0.4, 0.5) is 11.5 Å². The average molecular weight is 352 g/mol. The standard InChI is InChI=1S/C19H20N4OS/c1-10-3-5-14-12(7-10)8-13-16(20)17(25-19(13)22-14)18(24)23-15-6-4-11(2)9-21-15/h4,6,8-10H,3,5,7,20H2,1-2H3,(H,21,23,24). The van der Waals surface area contributed by atoms with Crippen molar-refractivity contribution in [1.29, 1.82) is 0 Å². The summed E-state index contributed by atoms with van der Waals surface area (Å²) in [5.74, 6) is 0.957. The summed E-state index contributed by atoms with van der Waals surface area (Å²) in [5, 5.41) is 3.71. The zero-order chi connectivity index (χ0) is 17.6. The van der Waals surface area contributed by atoms with Crippen LogP contribution in [0.3, 0.4) is 0 Å². The number of carbonyl (C=O) groups is 1. The van der Waals surface area contributed by atoms with Gasteiger partial charge in [0.05, 0.1) is 5.69 Å². The molecule has 0 aromatic carbocycles. The van der Waals surface area contributed by atoms with Gasteiger partial charge in [0.1, 0.15) is 15.5 Å². The molecule has 0 bridgehead atoms. The van der Waals surface area contributed by atoms with Crippen LogP contribution in [0.15, 0.2) is 24.4 Å². The van der Waals surface area contributed by atoms with E-state index in [4.69, 9.17) is 10.7 Å². The first-order valence-electron chi connectivity index (χ1n) is 8.46. The predicted octanol–water partition coefficient (Wildman–Crippen LogP) is 3.96. The third-order valence-electron chi connectivity index (χ3n) is 4.69. The van der Waals surface area contributed by atoms with E-state index < -0.39 is 0 Å². The molecular formula is C19H20N4OS. The SMILES string of the molecule is Cc1ccc(NC(=O)c2sc3nc4c(cc3c2N)CC(C)CC4)nc1. The number of aromatic nitrogens is 2. The van der Waals surface area contributed by atoms with Crippen LogP contribution >= 0.6 is 11.3 Å². The minimum absolute atomic E-state index is 0.233. The number of nitrogens with zero attached hydrogens (tertiary/aromatic N) is 2. The minimum Gasteiger partial charge on any atom is -0.397 e. The number of fused-ring (bicyclic) bond motifs is 2. The van der Waals surface area contributed by atoms with Crippen LogP contribution in [0.25, 0.3) is 10.2 Å².